The molecule has 2 aromatic rings. The molecule has 78 valence electrons. The van der Waals surface area contributed by atoms with Crippen LogP contribution in [0.5, 0.6) is 0 Å². The molecule has 15 heavy (non-hydrogen) atoms. The van der Waals surface area contributed by atoms with Gasteiger partial charge in [0.2, 0.25) is 0 Å². The van der Waals surface area contributed by atoms with Crippen LogP contribution in [0.15, 0.2) is 42.5 Å². The highest BCUT2D eigenvalue weighted by atomic mass is 14.9. The van der Waals surface area contributed by atoms with Crippen molar-refractivity contribution in [3.8, 4) is 0 Å². The van der Waals surface area contributed by atoms with Crippen molar-refractivity contribution in [3.05, 3.63) is 42.5 Å². The first-order valence-corrected chi connectivity index (χ1v) is 5.24. The van der Waals surface area contributed by atoms with Gasteiger partial charge in [-0.1, -0.05) is 36.4 Å². The molecule has 0 heterocycles. The molecule has 2 nitrogen and oxygen atoms in total. The van der Waals surface area contributed by atoms with E-state index in [1.807, 2.05) is 6.92 Å². The lowest BCUT2D eigenvalue weighted by molar-refractivity contribution is 0.781. The first-order chi connectivity index (χ1) is 7.27. The largest absolute Gasteiger partial charge is 0.383 e. The minimum Gasteiger partial charge on any atom is -0.383 e. The predicted octanol–water partition coefficient (Wildman–Crippen LogP) is 2.60. The van der Waals surface area contributed by atoms with Gasteiger partial charge in [0.1, 0.15) is 0 Å². The number of hydrogen-bond donors (Lipinski definition) is 2. The fourth-order valence-electron chi connectivity index (χ4n) is 1.65. The SMILES string of the molecule is CC(N)CNc1cccc2ccccc12. The summed E-state index contributed by atoms with van der Waals surface area (Å²) in [6.45, 7) is 2.80. The lowest BCUT2D eigenvalue weighted by Crippen LogP contribution is -2.25. The van der Waals surface area contributed by atoms with Gasteiger partial charge in [0.15, 0.2) is 0 Å². The van der Waals surface area contributed by atoms with Crippen molar-refractivity contribution >= 4 is 16.5 Å². The van der Waals surface area contributed by atoms with Gasteiger partial charge in [0.05, 0.1) is 0 Å². The summed E-state index contributed by atoms with van der Waals surface area (Å²) < 4.78 is 0. The van der Waals surface area contributed by atoms with Crippen molar-refractivity contribution < 1.29 is 0 Å². The number of fused-ring (bicyclic) bond motifs is 1. The quantitative estimate of drug-likeness (QED) is 0.799. The van der Waals surface area contributed by atoms with Crippen molar-refractivity contribution in [2.45, 2.75) is 13.0 Å². The lowest BCUT2D eigenvalue weighted by atomic mass is 10.1. The molecule has 1 unspecified atom stereocenters. The Morgan fingerprint density at radius 2 is 1.87 bits per heavy atom. The van der Waals surface area contributed by atoms with Gasteiger partial charge in [-0.25, -0.2) is 0 Å². The molecule has 0 bridgehead atoms. The minimum atomic E-state index is 0.170. The van der Waals surface area contributed by atoms with E-state index in [-0.39, 0.29) is 6.04 Å². The highest BCUT2D eigenvalue weighted by Gasteiger charge is 1.99. The summed E-state index contributed by atoms with van der Waals surface area (Å²) in [5.41, 5.74) is 6.88. The average molecular weight is 200 g/mol. The van der Waals surface area contributed by atoms with Gasteiger partial charge in [-0.05, 0) is 18.4 Å². The Balaban J connectivity index is 2.34. The van der Waals surface area contributed by atoms with E-state index in [0.29, 0.717) is 0 Å². The van der Waals surface area contributed by atoms with E-state index < -0.39 is 0 Å². The Bertz CT molecular complexity index is 444. The van der Waals surface area contributed by atoms with E-state index in [4.69, 9.17) is 5.73 Å². The number of hydrogen-bond acceptors (Lipinski definition) is 2. The van der Waals surface area contributed by atoms with Crippen LogP contribution in [0.25, 0.3) is 10.8 Å². The van der Waals surface area contributed by atoms with Gasteiger partial charge >= 0.3 is 0 Å². The Kier molecular flexibility index (Phi) is 2.88. The van der Waals surface area contributed by atoms with Gasteiger partial charge in [-0.2, -0.15) is 0 Å². The third kappa shape index (κ3) is 2.28. The minimum absolute atomic E-state index is 0.170. The van der Waals surface area contributed by atoms with Crippen LogP contribution in [0.4, 0.5) is 5.69 Å². The molecule has 0 fully saturated rings. The molecule has 0 aromatic heterocycles. The van der Waals surface area contributed by atoms with Gasteiger partial charge in [-0.3, -0.25) is 0 Å². The van der Waals surface area contributed by atoms with E-state index >= 15 is 0 Å². The Morgan fingerprint density at radius 3 is 2.67 bits per heavy atom. The van der Waals surface area contributed by atoms with Crippen LogP contribution in [-0.2, 0) is 0 Å². The molecule has 0 aliphatic heterocycles. The molecular formula is C13H16N2. The van der Waals surface area contributed by atoms with Crippen LogP contribution < -0.4 is 11.1 Å². The van der Waals surface area contributed by atoms with Crippen molar-refractivity contribution in [2.24, 2.45) is 5.73 Å². The molecule has 0 saturated heterocycles. The summed E-state index contributed by atoms with van der Waals surface area (Å²) >= 11 is 0. The first kappa shape index (κ1) is 9.99. The maximum Gasteiger partial charge on any atom is 0.0420 e. The van der Waals surface area contributed by atoms with Crippen molar-refractivity contribution in [1.82, 2.24) is 0 Å². The summed E-state index contributed by atoms with van der Waals surface area (Å²) in [4.78, 5) is 0. The third-order valence-electron chi connectivity index (χ3n) is 2.40. The van der Waals surface area contributed by atoms with Gasteiger partial charge in [0.25, 0.3) is 0 Å². The van der Waals surface area contributed by atoms with Gasteiger partial charge < -0.3 is 11.1 Å². The molecule has 0 aliphatic rings. The second-order valence-corrected chi connectivity index (χ2v) is 3.88. The molecule has 0 saturated carbocycles. The van der Waals surface area contributed by atoms with Crippen molar-refractivity contribution in [3.63, 3.8) is 0 Å². The lowest BCUT2D eigenvalue weighted by Gasteiger charge is -2.11. The Morgan fingerprint density at radius 1 is 1.13 bits per heavy atom. The standard InChI is InChI=1S/C13H16N2/c1-10(14)9-15-13-8-4-6-11-5-2-3-7-12(11)13/h2-8,10,15H,9,14H2,1H3. The molecule has 0 aliphatic carbocycles. The van der Waals surface area contributed by atoms with Gasteiger partial charge in [0, 0.05) is 23.7 Å². The van der Waals surface area contributed by atoms with Crippen LogP contribution in [0.3, 0.4) is 0 Å². The molecule has 2 aromatic carbocycles. The number of benzene rings is 2. The normalized spacial score (nSPS) is 12.7. The van der Waals surface area contributed by atoms with E-state index in [1.165, 1.54) is 10.8 Å². The second kappa shape index (κ2) is 4.32. The average Bonchev–Trinajstić information content (AvgIpc) is 2.26. The summed E-state index contributed by atoms with van der Waals surface area (Å²) in [5.74, 6) is 0. The molecule has 0 spiro atoms. The second-order valence-electron chi connectivity index (χ2n) is 3.88. The van der Waals surface area contributed by atoms with Crippen LogP contribution in [-0.4, -0.2) is 12.6 Å². The van der Waals surface area contributed by atoms with E-state index in [9.17, 15) is 0 Å². The van der Waals surface area contributed by atoms with Crippen LogP contribution >= 0.6 is 0 Å². The Labute approximate surface area is 90.1 Å². The Hall–Kier alpha value is -1.54. The topological polar surface area (TPSA) is 38.0 Å². The monoisotopic (exact) mass is 200 g/mol. The molecule has 0 radical (unpaired) electrons. The smallest absolute Gasteiger partial charge is 0.0420 e. The van der Waals surface area contributed by atoms with E-state index in [1.54, 1.807) is 0 Å². The molecule has 3 N–H and O–H groups in total. The zero-order chi connectivity index (χ0) is 10.7. The highest BCUT2D eigenvalue weighted by molar-refractivity contribution is 5.93. The summed E-state index contributed by atoms with van der Waals surface area (Å²) in [6, 6.07) is 14.8. The fraction of sp³-hybridized carbons (Fsp3) is 0.231. The van der Waals surface area contributed by atoms with Crippen LogP contribution in [0, 0.1) is 0 Å². The highest BCUT2D eigenvalue weighted by Crippen LogP contribution is 2.22. The zero-order valence-corrected chi connectivity index (χ0v) is 8.90. The van der Waals surface area contributed by atoms with Crippen molar-refractivity contribution in [2.75, 3.05) is 11.9 Å². The maximum atomic E-state index is 5.72. The van der Waals surface area contributed by atoms with Gasteiger partial charge in [-0.15, -0.1) is 0 Å². The zero-order valence-electron chi connectivity index (χ0n) is 8.90. The predicted molar refractivity (Wildman–Crippen MR) is 66.1 cm³/mol. The van der Waals surface area contributed by atoms with Crippen LogP contribution in [0.2, 0.25) is 0 Å². The molecule has 2 heteroatoms. The molecular weight excluding hydrogens is 184 g/mol. The number of anilines is 1. The molecule has 1 atom stereocenters. The molecule has 0 amide bonds. The first-order valence-electron chi connectivity index (χ1n) is 5.24. The van der Waals surface area contributed by atoms with Crippen molar-refractivity contribution in [1.29, 1.82) is 0 Å². The van der Waals surface area contributed by atoms with E-state index in [2.05, 4.69) is 47.8 Å². The number of rotatable bonds is 3. The fourth-order valence-corrected chi connectivity index (χ4v) is 1.65. The molecule has 2 rings (SSSR count). The maximum absolute atomic E-state index is 5.72. The van der Waals surface area contributed by atoms with Crippen LogP contribution in [0.1, 0.15) is 6.92 Å². The summed E-state index contributed by atoms with van der Waals surface area (Å²) in [6.07, 6.45) is 0. The van der Waals surface area contributed by atoms with E-state index in [0.717, 1.165) is 12.2 Å². The number of nitrogens with two attached hydrogens (primary N) is 1. The summed E-state index contributed by atoms with van der Waals surface area (Å²) in [7, 11) is 0. The third-order valence-corrected chi connectivity index (χ3v) is 2.40. The number of nitrogens with one attached hydrogen (secondary N) is 1. The summed E-state index contributed by atoms with van der Waals surface area (Å²) in [5, 5.41) is 5.87.